The molecule has 0 aliphatic rings. The summed E-state index contributed by atoms with van der Waals surface area (Å²) in [5.74, 6) is -1.64. The molecule has 4 rings (SSSR count). The zero-order valence-corrected chi connectivity index (χ0v) is 31.4. The van der Waals surface area contributed by atoms with Gasteiger partial charge in [-0.15, -0.1) is 0 Å². The predicted molar refractivity (Wildman–Crippen MR) is 205 cm³/mol. The van der Waals surface area contributed by atoms with Crippen LogP contribution in [-0.2, 0) is 44.9 Å². The topological polar surface area (TPSA) is 198 Å². The van der Waals surface area contributed by atoms with Crippen molar-refractivity contribution in [1.82, 2.24) is 45.8 Å². The molecule has 6 N–H and O–H groups in total. The van der Waals surface area contributed by atoms with Crippen LogP contribution >= 0.6 is 0 Å². The summed E-state index contributed by atoms with van der Waals surface area (Å²) in [6.07, 6.45) is 17.7. The zero-order valence-electron chi connectivity index (χ0n) is 31.4. The summed E-state index contributed by atoms with van der Waals surface area (Å²) in [7, 11) is 1.67. The lowest BCUT2D eigenvalue weighted by Crippen LogP contribution is -2.58. The minimum absolute atomic E-state index is 0.0518. The number of aromatic amines is 2. The van der Waals surface area contributed by atoms with Gasteiger partial charge in [-0.25, -0.2) is 9.97 Å². The Morgan fingerprint density at radius 1 is 0.741 bits per heavy atom. The quantitative estimate of drug-likeness (QED) is 0.0581. The highest BCUT2D eigenvalue weighted by atomic mass is 16.3. The first kappa shape index (κ1) is 41.2. The van der Waals surface area contributed by atoms with E-state index in [1.54, 1.807) is 42.7 Å². The summed E-state index contributed by atoms with van der Waals surface area (Å²) in [6, 6.07) is 8.91. The number of rotatable bonds is 24. The summed E-state index contributed by atoms with van der Waals surface area (Å²) >= 11 is 0. The number of H-pyrrole nitrogens is 2. The second-order valence-corrected chi connectivity index (χ2v) is 13.7. The van der Waals surface area contributed by atoms with Crippen molar-refractivity contribution in [2.45, 2.75) is 109 Å². The number of amides is 4. The van der Waals surface area contributed by atoms with E-state index in [4.69, 9.17) is 0 Å². The fourth-order valence-electron chi connectivity index (χ4n) is 6.15. The lowest BCUT2D eigenvalue weighted by molar-refractivity contribution is -0.137. The summed E-state index contributed by atoms with van der Waals surface area (Å²) in [6.45, 7) is 2.55. The first-order valence-electron chi connectivity index (χ1n) is 19.0. The largest absolute Gasteiger partial charge is 0.508 e. The number of unbranched alkanes of at least 4 members (excludes halogenated alkanes) is 7. The van der Waals surface area contributed by atoms with Crippen LogP contribution in [0.15, 0.2) is 73.7 Å². The van der Waals surface area contributed by atoms with Crippen molar-refractivity contribution in [1.29, 1.82) is 0 Å². The molecule has 3 aromatic heterocycles. The van der Waals surface area contributed by atoms with Crippen molar-refractivity contribution >= 4 is 23.6 Å². The number of aromatic nitrogens is 5. The number of nitrogens with zero attached hydrogens (tertiary/aromatic N) is 4. The van der Waals surface area contributed by atoms with Crippen LogP contribution in [-0.4, -0.2) is 90.3 Å². The molecule has 0 saturated carbocycles. The first-order valence-corrected chi connectivity index (χ1v) is 19.0. The highest BCUT2D eigenvalue weighted by Gasteiger charge is 2.31. The van der Waals surface area contributed by atoms with Gasteiger partial charge in [0.15, 0.2) is 0 Å². The zero-order chi connectivity index (χ0) is 38.5. The van der Waals surface area contributed by atoms with Gasteiger partial charge in [-0.3, -0.25) is 24.2 Å². The van der Waals surface area contributed by atoms with Gasteiger partial charge >= 0.3 is 0 Å². The van der Waals surface area contributed by atoms with Crippen molar-refractivity contribution < 1.29 is 24.3 Å². The Morgan fingerprint density at radius 3 is 1.91 bits per heavy atom. The van der Waals surface area contributed by atoms with Crippen LogP contribution in [0, 0.1) is 0 Å². The van der Waals surface area contributed by atoms with Gasteiger partial charge in [-0.05, 0) is 36.2 Å². The molecule has 0 bridgehead atoms. The Kier molecular flexibility index (Phi) is 17.2. The molecule has 0 spiro atoms. The maximum Gasteiger partial charge on any atom is 0.245 e. The highest BCUT2D eigenvalue weighted by Crippen LogP contribution is 2.14. The van der Waals surface area contributed by atoms with Gasteiger partial charge in [0.2, 0.25) is 23.6 Å². The van der Waals surface area contributed by atoms with Crippen LogP contribution in [0.4, 0.5) is 0 Å². The van der Waals surface area contributed by atoms with E-state index in [9.17, 15) is 24.3 Å². The number of benzene rings is 1. The summed E-state index contributed by atoms with van der Waals surface area (Å²) < 4.78 is 0. The van der Waals surface area contributed by atoms with Crippen molar-refractivity contribution in [3.63, 3.8) is 0 Å². The van der Waals surface area contributed by atoms with E-state index in [-0.39, 0.29) is 43.2 Å². The molecule has 0 fully saturated rings. The van der Waals surface area contributed by atoms with E-state index in [2.05, 4.69) is 47.8 Å². The normalized spacial score (nSPS) is 12.7. The highest BCUT2D eigenvalue weighted by molar-refractivity contribution is 5.94. The number of carbonyl (C=O) groups excluding carboxylic acids is 4. The van der Waals surface area contributed by atoms with Gasteiger partial charge in [0, 0.05) is 81.4 Å². The third-order valence-corrected chi connectivity index (χ3v) is 9.30. The van der Waals surface area contributed by atoms with Gasteiger partial charge < -0.3 is 35.9 Å². The Balaban J connectivity index is 1.46. The number of hydrogen-bond donors (Lipinski definition) is 6. The minimum Gasteiger partial charge on any atom is -0.508 e. The van der Waals surface area contributed by atoms with Crippen LogP contribution < -0.4 is 16.0 Å². The number of nitrogens with one attached hydrogen (secondary N) is 5. The second-order valence-electron chi connectivity index (χ2n) is 13.7. The molecule has 0 radical (unpaired) electrons. The number of aromatic hydroxyl groups is 1. The Bertz CT molecular complexity index is 1680. The molecule has 3 heterocycles. The molecular weight excluding hydrogens is 686 g/mol. The summed E-state index contributed by atoms with van der Waals surface area (Å²) in [5, 5.41) is 18.5. The Labute approximate surface area is 317 Å². The van der Waals surface area contributed by atoms with Crippen LogP contribution in [0.1, 0.15) is 87.4 Å². The Morgan fingerprint density at radius 2 is 1.33 bits per heavy atom. The fraction of sp³-hybridized carbons (Fsp3) is 0.475. The maximum atomic E-state index is 14.1. The van der Waals surface area contributed by atoms with Crippen molar-refractivity contribution in [2.24, 2.45) is 0 Å². The minimum atomic E-state index is -1.12. The molecule has 54 heavy (non-hydrogen) atoms. The molecule has 290 valence electrons. The molecule has 4 aromatic rings. The third-order valence-electron chi connectivity index (χ3n) is 9.30. The van der Waals surface area contributed by atoms with E-state index in [1.807, 2.05) is 18.2 Å². The first-order chi connectivity index (χ1) is 26.2. The maximum absolute atomic E-state index is 14.1. The van der Waals surface area contributed by atoms with Gasteiger partial charge in [0.1, 0.15) is 23.9 Å². The fourth-order valence-corrected chi connectivity index (χ4v) is 6.15. The number of likely N-dealkylation sites (N-methyl/N-ethyl adjacent to an activating group) is 1. The number of hydrogen-bond acceptors (Lipinski definition) is 8. The number of phenols is 1. The van der Waals surface area contributed by atoms with Crippen LogP contribution in [0.3, 0.4) is 0 Å². The van der Waals surface area contributed by atoms with Crippen molar-refractivity contribution in [3.8, 4) is 5.75 Å². The molecular formula is C40H55N9O5. The molecule has 14 heteroatoms. The van der Waals surface area contributed by atoms with Crippen molar-refractivity contribution in [3.05, 3.63) is 96.4 Å². The molecule has 4 amide bonds. The van der Waals surface area contributed by atoms with Crippen LogP contribution in [0.5, 0.6) is 5.75 Å². The van der Waals surface area contributed by atoms with Crippen LogP contribution in [0.2, 0.25) is 0 Å². The lowest BCUT2D eigenvalue weighted by atomic mass is 10.0. The number of carbonyl (C=O) groups is 4. The van der Waals surface area contributed by atoms with Crippen molar-refractivity contribution in [2.75, 3.05) is 13.6 Å². The molecule has 0 unspecified atom stereocenters. The molecule has 0 saturated heterocycles. The molecule has 1 aromatic carbocycles. The smallest absolute Gasteiger partial charge is 0.245 e. The number of phenolic OH excluding ortho intramolecular Hbond substituents is 1. The Hall–Kier alpha value is -5.53. The molecule has 3 atom stereocenters. The summed E-state index contributed by atoms with van der Waals surface area (Å²) in [4.78, 5) is 75.1. The van der Waals surface area contributed by atoms with Gasteiger partial charge in [0.05, 0.1) is 12.7 Å². The molecule has 0 aliphatic carbocycles. The van der Waals surface area contributed by atoms with E-state index in [1.165, 1.54) is 50.5 Å². The third kappa shape index (κ3) is 14.5. The molecule has 0 aliphatic heterocycles. The van der Waals surface area contributed by atoms with Gasteiger partial charge in [-0.2, -0.15) is 0 Å². The van der Waals surface area contributed by atoms with Gasteiger partial charge in [-0.1, -0.05) is 70.1 Å². The SMILES string of the molecule is CCCCCCCCCCC(=O)N[C@@H](Cc1cnc[nH]1)C(=O)N[C@@H](Cc1cnc[nH]1)C(=O)N[C@@H](Cc1ccc(O)cc1)C(=O)N(C)CCc1ccccn1. The van der Waals surface area contributed by atoms with E-state index in [0.717, 1.165) is 36.9 Å². The van der Waals surface area contributed by atoms with Gasteiger partial charge in [0.25, 0.3) is 0 Å². The van der Waals surface area contributed by atoms with E-state index in [0.29, 0.717) is 24.4 Å². The predicted octanol–water partition coefficient (Wildman–Crippen LogP) is 3.95. The van der Waals surface area contributed by atoms with E-state index >= 15 is 0 Å². The lowest BCUT2D eigenvalue weighted by Gasteiger charge is -2.28. The summed E-state index contributed by atoms with van der Waals surface area (Å²) in [5.41, 5.74) is 2.78. The number of imidazole rings is 2. The average molecular weight is 742 g/mol. The number of pyridine rings is 1. The standard InChI is InChI=1S/C40H55N9O5/c1-3-4-5-6-7-8-9-10-14-37(51)46-34(23-31-25-41-27-44-31)38(52)47-35(24-32-26-42-28-45-32)39(53)48-36(22-29-15-17-33(50)18-16-29)40(54)49(2)21-19-30-13-11-12-20-43-30/h11-13,15-18,20,25-28,34-36,50H,3-10,14,19,21-24H2,1-2H3,(H,41,44)(H,42,45)(H,46,51)(H,47,52)(H,48,53)/t34-,35-,36-/m0/s1. The van der Waals surface area contributed by atoms with Crippen LogP contribution in [0.25, 0.3) is 0 Å². The second kappa shape index (κ2) is 22.5. The van der Waals surface area contributed by atoms with E-state index < -0.39 is 29.9 Å². The monoisotopic (exact) mass is 741 g/mol. The molecule has 14 nitrogen and oxygen atoms in total. The average Bonchev–Trinajstić information content (AvgIpc) is 3.90.